The third kappa shape index (κ3) is 2.65. The van der Waals surface area contributed by atoms with Crippen molar-refractivity contribution in [3.63, 3.8) is 0 Å². The highest BCUT2D eigenvalue weighted by molar-refractivity contribution is 5.94. The van der Waals surface area contributed by atoms with Crippen molar-refractivity contribution in [1.82, 2.24) is 9.13 Å². The molecule has 0 spiro atoms. The molecule has 23 heavy (non-hydrogen) atoms. The summed E-state index contributed by atoms with van der Waals surface area (Å²) in [5, 5.41) is 0. The van der Waals surface area contributed by atoms with Crippen LogP contribution >= 0.6 is 0 Å². The van der Waals surface area contributed by atoms with Gasteiger partial charge in [-0.25, -0.2) is 4.79 Å². The molecule has 0 bridgehead atoms. The largest absolute Gasteiger partial charge is 0.329 e. The minimum Gasteiger partial charge on any atom is -0.311 e. The van der Waals surface area contributed by atoms with Gasteiger partial charge in [-0.15, -0.1) is 0 Å². The first kappa shape index (κ1) is 15.1. The minimum absolute atomic E-state index is 0.0307. The fraction of sp³-hybridized carbons (Fsp3) is 0.222. The summed E-state index contributed by atoms with van der Waals surface area (Å²) < 4.78 is 3.10. The third-order valence-electron chi connectivity index (χ3n) is 4.03. The fourth-order valence-electron chi connectivity index (χ4n) is 2.85. The van der Waals surface area contributed by atoms with Gasteiger partial charge in [-0.05, 0) is 31.2 Å². The highest BCUT2D eigenvalue weighted by atomic mass is 16.2. The lowest BCUT2D eigenvalue weighted by molar-refractivity contribution is -0.119. The number of rotatable bonds is 4. The van der Waals surface area contributed by atoms with E-state index in [2.05, 4.69) is 0 Å². The molecule has 0 saturated heterocycles. The van der Waals surface area contributed by atoms with Crippen LogP contribution in [0.3, 0.4) is 0 Å². The number of imidazole rings is 1. The van der Waals surface area contributed by atoms with Crippen molar-refractivity contribution in [1.29, 1.82) is 0 Å². The number of hydrogen-bond donors (Lipinski definition) is 0. The Labute approximate surface area is 134 Å². The Hall–Kier alpha value is -2.82. The van der Waals surface area contributed by atoms with Crippen molar-refractivity contribution in [3.05, 3.63) is 65.1 Å². The number of para-hydroxylation sites is 3. The second kappa shape index (κ2) is 6.12. The molecular weight excluding hydrogens is 290 g/mol. The maximum absolute atomic E-state index is 12.7. The van der Waals surface area contributed by atoms with Crippen LogP contribution in [0.4, 0.5) is 5.69 Å². The number of aryl methyl sites for hydroxylation is 1. The summed E-state index contributed by atoms with van der Waals surface area (Å²) in [6.45, 7) is 2.52. The maximum atomic E-state index is 12.7. The van der Waals surface area contributed by atoms with Crippen LogP contribution in [-0.4, -0.2) is 21.6 Å². The normalized spacial score (nSPS) is 10.9. The van der Waals surface area contributed by atoms with Gasteiger partial charge in [0.15, 0.2) is 0 Å². The van der Waals surface area contributed by atoms with E-state index in [1.165, 1.54) is 4.57 Å². The van der Waals surface area contributed by atoms with Crippen molar-refractivity contribution < 1.29 is 4.79 Å². The SMILES string of the molecule is CCN(C(=O)Cn1c(=O)n(C)c2ccccc21)c1ccccc1. The smallest absolute Gasteiger partial charge is 0.311 e. The van der Waals surface area contributed by atoms with E-state index in [9.17, 15) is 9.59 Å². The molecule has 1 amide bonds. The lowest BCUT2D eigenvalue weighted by atomic mass is 10.2. The summed E-state index contributed by atoms with van der Waals surface area (Å²) in [5.74, 6) is -0.0999. The van der Waals surface area contributed by atoms with Crippen LogP contribution in [0.15, 0.2) is 59.4 Å². The molecule has 3 aromatic rings. The number of benzene rings is 2. The average molecular weight is 309 g/mol. The van der Waals surface area contributed by atoms with E-state index < -0.39 is 0 Å². The molecule has 0 aliphatic heterocycles. The summed E-state index contributed by atoms with van der Waals surface area (Å²) >= 11 is 0. The predicted octanol–water partition coefficient (Wildman–Crippen LogP) is 2.39. The van der Waals surface area contributed by atoms with E-state index >= 15 is 0 Å². The van der Waals surface area contributed by atoms with Crippen molar-refractivity contribution >= 4 is 22.6 Å². The van der Waals surface area contributed by atoms with Crippen LogP contribution in [0.1, 0.15) is 6.92 Å². The van der Waals surface area contributed by atoms with Crippen LogP contribution in [0.2, 0.25) is 0 Å². The summed E-state index contributed by atoms with van der Waals surface area (Å²) in [6.07, 6.45) is 0. The Balaban J connectivity index is 1.97. The number of fused-ring (bicyclic) bond motifs is 1. The quantitative estimate of drug-likeness (QED) is 0.743. The number of amides is 1. The van der Waals surface area contributed by atoms with E-state index in [0.29, 0.717) is 6.54 Å². The number of nitrogens with zero attached hydrogens (tertiary/aromatic N) is 3. The Morgan fingerprint density at radius 2 is 1.61 bits per heavy atom. The first-order valence-electron chi connectivity index (χ1n) is 7.63. The lowest BCUT2D eigenvalue weighted by Crippen LogP contribution is -2.36. The van der Waals surface area contributed by atoms with E-state index in [-0.39, 0.29) is 18.1 Å². The number of likely N-dealkylation sites (N-methyl/N-ethyl adjacent to an activating group) is 1. The van der Waals surface area contributed by atoms with Gasteiger partial charge in [0.25, 0.3) is 0 Å². The zero-order chi connectivity index (χ0) is 16.4. The first-order chi connectivity index (χ1) is 11.1. The minimum atomic E-state index is -0.177. The molecule has 2 aromatic carbocycles. The highest BCUT2D eigenvalue weighted by Gasteiger charge is 2.18. The standard InChI is InChI=1S/C18H19N3O2/c1-3-20(14-9-5-4-6-10-14)17(22)13-21-16-12-8-7-11-15(16)19(2)18(21)23/h4-12H,3,13H2,1-2H3. The van der Waals surface area contributed by atoms with Crippen LogP contribution in [0.25, 0.3) is 11.0 Å². The Bertz CT molecular complexity index is 894. The molecule has 0 unspecified atom stereocenters. The van der Waals surface area contributed by atoms with Crippen LogP contribution in [0, 0.1) is 0 Å². The van der Waals surface area contributed by atoms with Crippen molar-refractivity contribution in [3.8, 4) is 0 Å². The zero-order valence-electron chi connectivity index (χ0n) is 13.3. The molecular formula is C18H19N3O2. The van der Waals surface area contributed by atoms with Gasteiger partial charge in [-0.2, -0.15) is 0 Å². The van der Waals surface area contributed by atoms with E-state index in [0.717, 1.165) is 16.7 Å². The summed E-state index contributed by atoms with van der Waals surface area (Å²) in [7, 11) is 1.72. The maximum Gasteiger partial charge on any atom is 0.329 e. The van der Waals surface area contributed by atoms with Gasteiger partial charge in [0.1, 0.15) is 6.54 Å². The Morgan fingerprint density at radius 3 is 2.26 bits per heavy atom. The van der Waals surface area contributed by atoms with Gasteiger partial charge in [0.2, 0.25) is 5.91 Å². The molecule has 5 heteroatoms. The molecule has 5 nitrogen and oxygen atoms in total. The molecule has 3 rings (SSSR count). The topological polar surface area (TPSA) is 47.2 Å². The van der Waals surface area contributed by atoms with Gasteiger partial charge >= 0.3 is 5.69 Å². The van der Waals surface area contributed by atoms with E-state index in [1.54, 1.807) is 16.5 Å². The van der Waals surface area contributed by atoms with E-state index in [4.69, 9.17) is 0 Å². The first-order valence-corrected chi connectivity index (χ1v) is 7.63. The molecule has 0 aliphatic carbocycles. The number of hydrogen-bond acceptors (Lipinski definition) is 2. The van der Waals surface area contributed by atoms with E-state index in [1.807, 2.05) is 61.5 Å². The van der Waals surface area contributed by atoms with Gasteiger partial charge in [-0.3, -0.25) is 13.9 Å². The van der Waals surface area contributed by atoms with Gasteiger partial charge in [-0.1, -0.05) is 30.3 Å². The summed E-state index contributed by atoms with van der Waals surface area (Å²) in [5.41, 5.74) is 2.27. The lowest BCUT2D eigenvalue weighted by Gasteiger charge is -2.21. The average Bonchev–Trinajstić information content (AvgIpc) is 2.82. The number of carbonyl (C=O) groups excluding carboxylic acids is 1. The molecule has 118 valence electrons. The van der Waals surface area contributed by atoms with Crippen LogP contribution in [0.5, 0.6) is 0 Å². The van der Waals surface area contributed by atoms with Gasteiger partial charge in [0, 0.05) is 19.3 Å². The van der Waals surface area contributed by atoms with Gasteiger partial charge < -0.3 is 4.90 Å². The summed E-state index contributed by atoms with van der Waals surface area (Å²) in [6, 6.07) is 17.0. The van der Waals surface area contributed by atoms with Gasteiger partial charge in [0.05, 0.1) is 11.0 Å². The molecule has 1 heterocycles. The van der Waals surface area contributed by atoms with Crippen LogP contribution in [-0.2, 0) is 18.4 Å². The molecule has 0 aliphatic rings. The van der Waals surface area contributed by atoms with Crippen molar-refractivity contribution in [2.45, 2.75) is 13.5 Å². The molecule has 0 radical (unpaired) electrons. The Morgan fingerprint density at radius 1 is 1.00 bits per heavy atom. The molecule has 0 fully saturated rings. The molecule has 0 atom stereocenters. The third-order valence-corrected chi connectivity index (χ3v) is 4.03. The predicted molar refractivity (Wildman–Crippen MR) is 91.6 cm³/mol. The number of anilines is 1. The van der Waals surface area contributed by atoms with Crippen LogP contribution < -0.4 is 10.6 Å². The summed E-state index contributed by atoms with van der Waals surface area (Å²) in [4.78, 5) is 26.8. The second-order valence-electron chi connectivity index (χ2n) is 5.39. The monoisotopic (exact) mass is 309 g/mol. The number of aromatic nitrogens is 2. The fourth-order valence-corrected chi connectivity index (χ4v) is 2.85. The van der Waals surface area contributed by atoms with Crippen molar-refractivity contribution in [2.24, 2.45) is 7.05 Å². The molecule has 1 aromatic heterocycles. The zero-order valence-corrected chi connectivity index (χ0v) is 13.3. The number of carbonyl (C=O) groups is 1. The molecule has 0 N–H and O–H groups in total. The highest BCUT2D eigenvalue weighted by Crippen LogP contribution is 2.15. The second-order valence-corrected chi connectivity index (χ2v) is 5.39. The molecule has 0 saturated carbocycles. The Kier molecular flexibility index (Phi) is 4.02. The van der Waals surface area contributed by atoms with Crippen molar-refractivity contribution in [2.75, 3.05) is 11.4 Å².